The fourth-order valence-electron chi connectivity index (χ4n) is 3.08. The number of halogens is 1. The summed E-state index contributed by atoms with van der Waals surface area (Å²) in [7, 11) is 0. The molecule has 0 heterocycles. The van der Waals surface area contributed by atoms with Crippen molar-refractivity contribution in [1.29, 1.82) is 0 Å². The van der Waals surface area contributed by atoms with E-state index in [0.29, 0.717) is 5.69 Å². The number of rotatable bonds is 6. The summed E-state index contributed by atoms with van der Waals surface area (Å²) in [5, 5.41) is 2.82. The maximum Gasteiger partial charge on any atom is 0.318 e. The smallest absolute Gasteiger partial charge is 0.318 e. The van der Waals surface area contributed by atoms with E-state index in [2.05, 4.69) is 21.2 Å². The van der Waals surface area contributed by atoms with Gasteiger partial charge in [-0.25, -0.2) is 0 Å². The molecular formula is C24H22BrNO3. The van der Waals surface area contributed by atoms with Crippen molar-refractivity contribution in [1.82, 2.24) is 0 Å². The van der Waals surface area contributed by atoms with Crippen LogP contribution in [0.4, 0.5) is 5.69 Å². The van der Waals surface area contributed by atoms with Crippen LogP contribution in [-0.4, -0.2) is 18.5 Å². The van der Waals surface area contributed by atoms with Gasteiger partial charge in [-0.2, -0.15) is 0 Å². The minimum atomic E-state index is -0.582. The van der Waals surface area contributed by atoms with Crippen LogP contribution < -0.4 is 5.32 Å². The molecule has 0 bridgehead atoms. The molecule has 1 N–H and O–H groups in total. The van der Waals surface area contributed by atoms with Crippen molar-refractivity contribution in [2.45, 2.75) is 19.8 Å². The predicted molar refractivity (Wildman–Crippen MR) is 118 cm³/mol. The molecule has 1 amide bonds. The minimum absolute atomic E-state index is 0.344. The highest BCUT2D eigenvalue weighted by molar-refractivity contribution is 9.10. The molecule has 3 rings (SSSR count). The van der Waals surface area contributed by atoms with Gasteiger partial charge in [-0.15, -0.1) is 0 Å². The van der Waals surface area contributed by atoms with Crippen LogP contribution in [0.2, 0.25) is 0 Å². The van der Waals surface area contributed by atoms with Gasteiger partial charge in [-0.05, 0) is 48.2 Å². The second-order valence-corrected chi connectivity index (χ2v) is 7.61. The second-order valence-electron chi connectivity index (χ2n) is 6.76. The third-order valence-corrected chi connectivity index (χ3v) is 5.70. The van der Waals surface area contributed by atoms with Gasteiger partial charge in [0.25, 0.3) is 5.91 Å². The second kappa shape index (κ2) is 9.52. The molecule has 0 aliphatic carbocycles. The molecule has 0 aliphatic heterocycles. The Balaban J connectivity index is 1.71. The molecule has 0 saturated heterocycles. The number of hydrogen-bond donors (Lipinski definition) is 1. The lowest BCUT2D eigenvalue weighted by atomic mass is 9.91. The fourth-order valence-corrected chi connectivity index (χ4v) is 3.51. The molecule has 148 valence electrons. The van der Waals surface area contributed by atoms with Crippen molar-refractivity contribution in [2.75, 3.05) is 11.9 Å². The summed E-state index contributed by atoms with van der Waals surface area (Å²) >= 11 is 3.47. The quantitative estimate of drug-likeness (QED) is 0.511. The number of anilines is 1. The first kappa shape index (κ1) is 20.8. The van der Waals surface area contributed by atoms with Crippen LogP contribution in [-0.2, 0) is 14.3 Å². The van der Waals surface area contributed by atoms with Crippen molar-refractivity contribution in [3.63, 3.8) is 0 Å². The Kier molecular flexibility index (Phi) is 6.83. The van der Waals surface area contributed by atoms with Crippen LogP contribution in [0.25, 0.3) is 0 Å². The Labute approximate surface area is 179 Å². The van der Waals surface area contributed by atoms with Gasteiger partial charge in [0.15, 0.2) is 6.61 Å². The molecule has 0 atom stereocenters. The van der Waals surface area contributed by atoms with E-state index < -0.39 is 11.9 Å². The summed E-state index contributed by atoms with van der Waals surface area (Å²) < 4.78 is 6.36. The van der Waals surface area contributed by atoms with E-state index in [-0.39, 0.29) is 12.5 Å². The van der Waals surface area contributed by atoms with Crippen LogP contribution in [0.3, 0.4) is 0 Å². The lowest BCUT2D eigenvalue weighted by Crippen LogP contribution is -2.25. The van der Waals surface area contributed by atoms with Gasteiger partial charge in [0.1, 0.15) is 5.92 Å². The summed E-state index contributed by atoms with van der Waals surface area (Å²) in [5.41, 5.74) is 4.36. The number of amides is 1. The van der Waals surface area contributed by atoms with Crippen LogP contribution in [0, 0.1) is 13.8 Å². The van der Waals surface area contributed by atoms with Gasteiger partial charge in [0.05, 0.1) is 0 Å². The van der Waals surface area contributed by atoms with Gasteiger partial charge in [0.2, 0.25) is 0 Å². The Morgan fingerprint density at radius 1 is 0.862 bits per heavy atom. The number of nitrogens with one attached hydrogen (secondary N) is 1. The maximum absolute atomic E-state index is 12.9. The molecule has 0 radical (unpaired) electrons. The van der Waals surface area contributed by atoms with Crippen molar-refractivity contribution >= 4 is 33.5 Å². The van der Waals surface area contributed by atoms with E-state index in [1.54, 1.807) is 0 Å². The molecule has 3 aromatic carbocycles. The van der Waals surface area contributed by atoms with Crippen molar-refractivity contribution in [3.8, 4) is 0 Å². The van der Waals surface area contributed by atoms with Crippen molar-refractivity contribution in [3.05, 3.63) is 99.5 Å². The zero-order valence-corrected chi connectivity index (χ0v) is 17.9. The highest BCUT2D eigenvalue weighted by Crippen LogP contribution is 2.27. The molecule has 29 heavy (non-hydrogen) atoms. The van der Waals surface area contributed by atoms with Crippen LogP contribution in [0.5, 0.6) is 0 Å². The number of carbonyl (C=O) groups excluding carboxylic acids is 2. The average molecular weight is 452 g/mol. The van der Waals surface area contributed by atoms with Crippen molar-refractivity contribution < 1.29 is 14.3 Å². The normalized spacial score (nSPS) is 10.6. The SMILES string of the molecule is Cc1c(Br)ccc(NC(=O)COC(=O)C(c2ccccc2)c2ccccc2)c1C. The van der Waals surface area contributed by atoms with E-state index in [0.717, 1.165) is 26.7 Å². The summed E-state index contributed by atoms with van der Waals surface area (Å²) in [5.74, 6) is -1.41. The lowest BCUT2D eigenvalue weighted by Gasteiger charge is -2.17. The van der Waals surface area contributed by atoms with Crippen LogP contribution in [0.15, 0.2) is 77.3 Å². The van der Waals surface area contributed by atoms with E-state index in [1.165, 1.54) is 0 Å². The predicted octanol–water partition coefficient (Wildman–Crippen LogP) is 5.38. The maximum atomic E-state index is 12.9. The van der Waals surface area contributed by atoms with Crippen LogP contribution in [0.1, 0.15) is 28.2 Å². The van der Waals surface area contributed by atoms with E-state index in [1.807, 2.05) is 86.6 Å². The Bertz CT molecular complexity index is 964. The molecule has 3 aromatic rings. The van der Waals surface area contributed by atoms with Gasteiger partial charge < -0.3 is 10.1 Å². The zero-order chi connectivity index (χ0) is 20.8. The number of esters is 1. The first-order valence-electron chi connectivity index (χ1n) is 9.29. The monoisotopic (exact) mass is 451 g/mol. The molecule has 0 aliphatic rings. The van der Waals surface area contributed by atoms with Gasteiger partial charge in [0, 0.05) is 10.2 Å². The standard InChI is InChI=1S/C24H22BrNO3/c1-16-17(2)21(14-13-20(16)25)26-22(27)15-29-24(28)23(18-9-5-3-6-10-18)19-11-7-4-8-12-19/h3-14,23H,15H2,1-2H3,(H,26,27). The van der Waals surface area contributed by atoms with E-state index >= 15 is 0 Å². The topological polar surface area (TPSA) is 55.4 Å². The van der Waals surface area contributed by atoms with Gasteiger partial charge in [-0.3, -0.25) is 9.59 Å². The third kappa shape index (κ3) is 5.12. The Hall–Kier alpha value is -2.92. The molecule has 0 unspecified atom stereocenters. The first-order valence-corrected chi connectivity index (χ1v) is 10.1. The molecule has 0 aromatic heterocycles. The Morgan fingerprint density at radius 3 is 1.97 bits per heavy atom. The number of hydrogen-bond acceptors (Lipinski definition) is 3. The van der Waals surface area contributed by atoms with Gasteiger partial charge in [-0.1, -0.05) is 76.6 Å². The molecular weight excluding hydrogens is 430 g/mol. The highest BCUT2D eigenvalue weighted by atomic mass is 79.9. The molecule has 0 saturated carbocycles. The summed E-state index contributed by atoms with van der Waals surface area (Å²) in [4.78, 5) is 25.2. The van der Waals surface area contributed by atoms with Crippen LogP contribution >= 0.6 is 15.9 Å². The zero-order valence-electron chi connectivity index (χ0n) is 16.3. The largest absolute Gasteiger partial charge is 0.455 e. The molecule has 5 heteroatoms. The van der Waals surface area contributed by atoms with E-state index in [4.69, 9.17) is 4.74 Å². The molecule has 0 spiro atoms. The number of carbonyl (C=O) groups is 2. The van der Waals surface area contributed by atoms with Gasteiger partial charge >= 0.3 is 5.97 Å². The van der Waals surface area contributed by atoms with Crippen molar-refractivity contribution in [2.24, 2.45) is 0 Å². The number of ether oxygens (including phenoxy) is 1. The lowest BCUT2D eigenvalue weighted by molar-refractivity contribution is -0.147. The average Bonchev–Trinajstić information content (AvgIpc) is 2.74. The number of benzene rings is 3. The summed E-state index contributed by atoms with van der Waals surface area (Å²) in [6.07, 6.45) is 0. The Morgan fingerprint density at radius 2 is 1.41 bits per heavy atom. The summed E-state index contributed by atoms with van der Waals surface area (Å²) in [6, 6.07) is 22.5. The minimum Gasteiger partial charge on any atom is -0.455 e. The third-order valence-electron chi connectivity index (χ3n) is 4.84. The fraction of sp³-hybridized carbons (Fsp3) is 0.167. The highest BCUT2D eigenvalue weighted by Gasteiger charge is 2.24. The molecule has 0 fully saturated rings. The van der Waals surface area contributed by atoms with E-state index in [9.17, 15) is 9.59 Å². The first-order chi connectivity index (χ1) is 14.0. The molecule has 4 nitrogen and oxygen atoms in total. The summed E-state index contributed by atoms with van der Waals surface area (Å²) in [6.45, 7) is 3.56.